The van der Waals surface area contributed by atoms with Crippen LogP contribution < -0.4 is 5.30 Å². The molecule has 21 heavy (non-hydrogen) atoms. The Labute approximate surface area is 135 Å². The third kappa shape index (κ3) is 3.62. The normalized spacial score (nSPS) is 16.0. The number of thiol groups is 1. The molecule has 3 heteroatoms. The van der Waals surface area contributed by atoms with Crippen LogP contribution in [-0.4, -0.2) is 5.11 Å². The summed E-state index contributed by atoms with van der Waals surface area (Å²) in [5, 5.41) is 11.7. The maximum Gasteiger partial charge on any atom is 0.119 e. The molecule has 0 saturated carbocycles. The van der Waals surface area contributed by atoms with E-state index >= 15 is 0 Å². The standard InChI is InChI=1S/C18H23OPS/c1-4-18(3,15-10-6-7-11-16(15)19)20-17-12-8-5-9-14(17)13(2)21/h5-13,19-21H,4H2,1-3H3. The Morgan fingerprint density at radius 2 is 1.76 bits per heavy atom. The Morgan fingerprint density at radius 1 is 1.14 bits per heavy atom. The van der Waals surface area contributed by atoms with Crippen LogP contribution >= 0.6 is 21.2 Å². The fourth-order valence-electron chi connectivity index (χ4n) is 2.56. The average Bonchev–Trinajstić information content (AvgIpc) is 2.48. The summed E-state index contributed by atoms with van der Waals surface area (Å²) in [5.41, 5.74) is 2.32. The van der Waals surface area contributed by atoms with Crippen molar-refractivity contribution in [3.63, 3.8) is 0 Å². The highest BCUT2D eigenvalue weighted by molar-refractivity contribution is 7.80. The fraction of sp³-hybridized carbons (Fsp3) is 0.333. The summed E-state index contributed by atoms with van der Waals surface area (Å²) in [4.78, 5) is 0. The maximum atomic E-state index is 10.2. The van der Waals surface area contributed by atoms with Crippen LogP contribution in [0.25, 0.3) is 0 Å². The lowest BCUT2D eigenvalue weighted by molar-refractivity contribution is 0.457. The van der Waals surface area contributed by atoms with Crippen LogP contribution in [0.1, 0.15) is 43.6 Å². The van der Waals surface area contributed by atoms with Crippen molar-refractivity contribution in [3.8, 4) is 5.75 Å². The largest absolute Gasteiger partial charge is 0.508 e. The summed E-state index contributed by atoms with van der Waals surface area (Å²) in [6.07, 6.45) is 0.984. The first kappa shape index (κ1) is 16.4. The van der Waals surface area contributed by atoms with Crippen molar-refractivity contribution < 1.29 is 5.11 Å². The highest BCUT2D eigenvalue weighted by Gasteiger charge is 2.28. The Morgan fingerprint density at radius 3 is 2.38 bits per heavy atom. The number of para-hydroxylation sites is 1. The Balaban J connectivity index is 2.42. The van der Waals surface area contributed by atoms with Gasteiger partial charge in [-0.3, -0.25) is 0 Å². The van der Waals surface area contributed by atoms with Gasteiger partial charge in [0.2, 0.25) is 0 Å². The van der Waals surface area contributed by atoms with Crippen LogP contribution in [0.2, 0.25) is 0 Å². The molecule has 0 aliphatic heterocycles. The topological polar surface area (TPSA) is 20.2 Å². The van der Waals surface area contributed by atoms with E-state index in [0.29, 0.717) is 14.3 Å². The SMILES string of the molecule is CCC(C)(Pc1ccccc1C(C)S)c1ccccc1O. The fourth-order valence-corrected chi connectivity index (χ4v) is 4.65. The van der Waals surface area contributed by atoms with Crippen LogP contribution in [0.4, 0.5) is 0 Å². The molecule has 1 nitrogen and oxygen atoms in total. The molecule has 0 bridgehead atoms. The third-order valence-electron chi connectivity index (χ3n) is 4.03. The molecule has 0 heterocycles. The van der Waals surface area contributed by atoms with Crippen molar-refractivity contribution in [3.05, 3.63) is 59.7 Å². The molecule has 0 fully saturated rings. The van der Waals surface area contributed by atoms with Gasteiger partial charge in [-0.05, 0) is 30.3 Å². The highest BCUT2D eigenvalue weighted by Crippen LogP contribution is 2.47. The van der Waals surface area contributed by atoms with Crippen molar-refractivity contribution in [2.24, 2.45) is 0 Å². The Kier molecular flexibility index (Phi) is 5.35. The van der Waals surface area contributed by atoms with Gasteiger partial charge in [0.05, 0.1) is 0 Å². The van der Waals surface area contributed by atoms with Gasteiger partial charge in [-0.15, -0.1) is 0 Å². The maximum absolute atomic E-state index is 10.2. The molecule has 0 radical (unpaired) electrons. The molecule has 0 amide bonds. The van der Waals surface area contributed by atoms with Crippen LogP contribution in [0.15, 0.2) is 48.5 Å². The zero-order valence-corrected chi connectivity index (χ0v) is 14.7. The molecule has 2 rings (SSSR count). The summed E-state index contributed by atoms with van der Waals surface area (Å²) in [5.74, 6) is 0.394. The zero-order chi connectivity index (χ0) is 15.5. The van der Waals surface area contributed by atoms with E-state index in [-0.39, 0.29) is 10.4 Å². The molecular weight excluding hydrogens is 295 g/mol. The van der Waals surface area contributed by atoms with Crippen molar-refractivity contribution in [2.45, 2.75) is 37.6 Å². The molecule has 3 unspecified atom stereocenters. The molecule has 0 aromatic heterocycles. The highest BCUT2D eigenvalue weighted by atomic mass is 32.1. The minimum Gasteiger partial charge on any atom is -0.508 e. The number of aromatic hydroxyl groups is 1. The zero-order valence-electron chi connectivity index (χ0n) is 12.8. The van der Waals surface area contributed by atoms with Gasteiger partial charge in [0, 0.05) is 16.0 Å². The minimum absolute atomic E-state index is 0.0515. The molecule has 112 valence electrons. The van der Waals surface area contributed by atoms with E-state index in [1.54, 1.807) is 6.07 Å². The van der Waals surface area contributed by atoms with E-state index in [1.165, 1.54) is 10.9 Å². The number of rotatable bonds is 5. The van der Waals surface area contributed by atoms with Gasteiger partial charge in [0.25, 0.3) is 0 Å². The first-order chi connectivity index (χ1) is 9.98. The van der Waals surface area contributed by atoms with Gasteiger partial charge in [-0.2, -0.15) is 12.6 Å². The summed E-state index contributed by atoms with van der Waals surface area (Å²) >= 11 is 4.60. The van der Waals surface area contributed by atoms with E-state index in [2.05, 4.69) is 57.7 Å². The molecular formula is C18H23OPS. The third-order valence-corrected chi connectivity index (χ3v) is 6.20. The lowest BCUT2D eigenvalue weighted by atomic mass is 9.96. The molecule has 0 aliphatic rings. The summed E-state index contributed by atoms with van der Waals surface area (Å²) < 4.78 is 0. The molecule has 1 N–H and O–H groups in total. The van der Waals surface area contributed by atoms with Gasteiger partial charge in [-0.25, -0.2) is 0 Å². The molecule has 2 aromatic rings. The van der Waals surface area contributed by atoms with Crippen molar-refractivity contribution in [2.75, 3.05) is 0 Å². The predicted molar refractivity (Wildman–Crippen MR) is 97.5 cm³/mol. The van der Waals surface area contributed by atoms with Crippen molar-refractivity contribution in [1.82, 2.24) is 0 Å². The van der Waals surface area contributed by atoms with Crippen molar-refractivity contribution >= 4 is 26.5 Å². The second-order valence-corrected chi connectivity index (χ2v) is 8.26. The van der Waals surface area contributed by atoms with Crippen LogP contribution in [0, 0.1) is 0 Å². The average molecular weight is 318 g/mol. The first-order valence-electron chi connectivity index (χ1n) is 7.31. The van der Waals surface area contributed by atoms with Gasteiger partial charge in [0.1, 0.15) is 5.75 Å². The number of phenolic OH excluding ortho intramolecular Hbond substituents is 1. The summed E-state index contributed by atoms with van der Waals surface area (Å²) in [7, 11) is 0.605. The number of phenols is 1. The van der Waals surface area contributed by atoms with Crippen LogP contribution in [-0.2, 0) is 5.16 Å². The second-order valence-electron chi connectivity index (χ2n) is 5.59. The number of benzene rings is 2. The number of hydrogen-bond donors (Lipinski definition) is 2. The molecule has 2 aromatic carbocycles. The van der Waals surface area contributed by atoms with Crippen LogP contribution in [0.5, 0.6) is 5.75 Å². The Hall–Kier alpha value is -0.980. The van der Waals surface area contributed by atoms with Crippen LogP contribution in [0.3, 0.4) is 0 Å². The van der Waals surface area contributed by atoms with Gasteiger partial charge in [-0.1, -0.05) is 64.9 Å². The summed E-state index contributed by atoms with van der Waals surface area (Å²) in [6, 6.07) is 16.2. The molecule has 0 saturated heterocycles. The van der Waals surface area contributed by atoms with Gasteiger partial charge >= 0.3 is 0 Å². The van der Waals surface area contributed by atoms with E-state index in [0.717, 1.165) is 12.0 Å². The summed E-state index contributed by atoms with van der Waals surface area (Å²) in [6.45, 7) is 6.53. The predicted octanol–water partition coefficient (Wildman–Crippen LogP) is 5.01. The smallest absolute Gasteiger partial charge is 0.119 e. The van der Waals surface area contributed by atoms with Gasteiger partial charge in [0.15, 0.2) is 0 Å². The molecule has 3 atom stereocenters. The lowest BCUT2D eigenvalue weighted by Gasteiger charge is -2.31. The first-order valence-corrected chi connectivity index (χ1v) is 8.83. The van der Waals surface area contributed by atoms with Gasteiger partial charge < -0.3 is 5.11 Å². The monoisotopic (exact) mass is 318 g/mol. The Bertz CT molecular complexity index is 612. The second kappa shape index (κ2) is 6.85. The quantitative estimate of drug-likeness (QED) is 0.586. The molecule has 0 spiro atoms. The van der Waals surface area contributed by atoms with E-state index in [1.807, 2.05) is 18.2 Å². The van der Waals surface area contributed by atoms with E-state index in [4.69, 9.17) is 0 Å². The molecule has 0 aliphatic carbocycles. The van der Waals surface area contributed by atoms with E-state index in [9.17, 15) is 5.11 Å². The lowest BCUT2D eigenvalue weighted by Crippen LogP contribution is -2.20. The number of hydrogen-bond acceptors (Lipinski definition) is 2. The van der Waals surface area contributed by atoms with Crippen molar-refractivity contribution in [1.29, 1.82) is 0 Å². The van der Waals surface area contributed by atoms with E-state index < -0.39 is 0 Å². The minimum atomic E-state index is -0.0515.